The topological polar surface area (TPSA) is 91.9 Å². The van der Waals surface area contributed by atoms with Gasteiger partial charge in [0.25, 0.3) is 0 Å². The van der Waals surface area contributed by atoms with Crippen molar-refractivity contribution in [3.8, 4) is 17.0 Å². The van der Waals surface area contributed by atoms with Gasteiger partial charge >= 0.3 is 6.61 Å². The molecule has 9 heteroatoms. The molecule has 7 nitrogen and oxygen atoms in total. The third kappa shape index (κ3) is 3.50. The molecule has 1 aliphatic carbocycles. The molecule has 1 fully saturated rings. The average Bonchev–Trinajstić information content (AvgIpc) is 3.20. The second-order valence-corrected chi connectivity index (χ2v) is 6.98. The third-order valence-electron chi connectivity index (χ3n) is 5.02. The molecule has 4 rings (SSSR count). The molecule has 0 radical (unpaired) electrons. The first kappa shape index (κ1) is 18.6. The summed E-state index contributed by atoms with van der Waals surface area (Å²) in [5.41, 5.74) is 1.71. The van der Waals surface area contributed by atoms with Crippen LogP contribution in [0.2, 0.25) is 0 Å². The van der Waals surface area contributed by atoms with Crippen LogP contribution in [-0.2, 0) is 0 Å². The predicted octanol–water partition coefficient (Wildman–Crippen LogP) is 2.54. The quantitative estimate of drug-likeness (QED) is 0.620. The molecule has 3 N–H and O–H groups in total. The summed E-state index contributed by atoms with van der Waals surface area (Å²) in [6.07, 6.45) is 0.575. The van der Waals surface area contributed by atoms with Gasteiger partial charge in [0.2, 0.25) is 0 Å². The van der Waals surface area contributed by atoms with E-state index in [1.54, 1.807) is 35.0 Å². The number of aliphatic hydroxyl groups excluding tert-OH is 2. The van der Waals surface area contributed by atoms with Crippen LogP contribution in [-0.4, -0.2) is 49.7 Å². The number of hydrogen-bond donors (Lipinski definition) is 3. The van der Waals surface area contributed by atoms with Crippen LogP contribution in [0, 0.1) is 5.92 Å². The van der Waals surface area contributed by atoms with Crippen molar-refractivity contribution in [1.82, 2.24) is 14.6 Å². The maximum atomic E-state index is 12.5. The summed E-state index contributed by atoms with van der Waals surface area (Å²) in [5.74, 6) is 0.644. The van der Waals surface area contributed by atoms with E-state index in [4.69, 9.17) is 0 Å². The number of aromatic nitrogens is 3. The van der Waals surface area contributed by atoms with Gasteiger partial charge in [-0.1, -0.05) is 19.1 Å². The van der Waals surface area contributed by atoms with E-state index in [1.165, 1.54) is 12.1 Å². The Morgan fingerprint density at radius 3 is 2.75 bits per heavy atom. The highest BCUT2D eigenvalue weighted by Gasteiger charge is 2.39. The number of hydrogen-bond acceptors (Lipinski definition) is 6. The Balaban J connectivity index is 1.64. The Morgan fingerprint density at radius 1 is 1.21 bits per heavy atom. The van der Waals surface area contributed by atoms with Gasteiger partial charge in [-0.2, -0.15) is 18.4 Å². The van der Waals surface area contributed by atoms with Gasteiger partial charge < -0.3 is 20.3 Å². The van der Waals surface area contributed by atoms with Crippen molar-refractivity contribution in [2.45, 2.75) is 38.2 Å². The Hall–Kier alpha value is -2.78. The van der Waals surface area contributed by atoms with E-state index in [9.17, 15) is 19.0 Å². The number of benzene rings is 1. The molecule has 0 spiro atoms. The summed E-state index contributed by atoms with van der Waals surface area (Å²) < 4.78 is 30.9. The van der Waals surface area contributed by atoms with Crippen molar-refractivity contribution in [2.24, 2.45) is 5.92 Å². The highest BCUT2D eigenvalue weighted by molar-refractivity contribution is 5.66. The number of ether oxygens (including phenoxy) is 1. The first-order valence-electron chi connectivity index (χ1n) is 8.95. The minimum atomic E-state index is -2.90. The summed E-state index contributed by atoms with van der Waals surface area (Å²) in [4.78, 5) is 4.28. The summed E-state index contributed by atoms with van der Waals surface area (Å²) in [6.45, 7) is -1.01. The van der Waals surface area contributed by atoms with Crippen LogP contribution < -0.4 is 10.1 Å². The van der Waals surface area contributed by atoms with Crippen molar-refractivity contribution in [1.29, 1.82) is 0 Å². The number of aliphatic hydroxyl groups is 2. The molecule has 1 aromatic carbocycles. The summed E-state index contributed by atoms with van der Waals surface area (Å²) in [5, 5.41) is 27.9. The van der Waals surface area contributed by atoms with Crippen LogP contribution in [0.5, 0.6) is 5.75 Å². The first-order valence-corrected chi connectivity index (χ1v) is 8.95. The molecular weight excluding hydrogens is 370 g/mol. The maximum absolute atomic E-state index is 12.5. The van der Waals surface area contributed by atoms with Gasteiger partial charge in [-0.05, 0) is 30.5 Å². The lowest BCUT2D eigenvalue weighted by Gasteiger charge is -2.19. The molecule has 0 unspecified atom stereocenters. The van der Waals surface area contributed by atoms with E-state index >= 15 is 0 Å². The number of fused-ring (bicyclic) bond motifs is 1. The second-order valence-electron chi connectivity index (χ2n) is 6.98. The molecule has 4 atom stereocenters. The van der Waals surface area contributed by atoms with Gasteiger partial charge in [0, 0.05) is 17.8 Å². The van der Waals surface area contributed by atoms with Gasteiger partial charge in [-0.3, -0.25) is 0 Å². The molecule has 148 valence electrons. The fourth-order valence-corrected chi connectivity index (χ4v) is 3.57. The summed E-state index contributed by atoms with van der Waals surface area (Å²) >= 11 is 0. The normalized spacial score (nSPS) is 24.8. The lowest BCUT2D eigenvalue weighted by molar-refractivity contribution is -0.0498. The summed E-state index contributed by atoms with van der Waals surface area (Å²) in [7, 11) is 0. The van der Waals surface area contributed by atoms with Gasteiger partial charge in [-0.25, -0.2) is 4.98 Å². The Bertz CT molecular complexity index is 981. The minimum absolute atomic E-state index is 0.0180. The molecule has 2 heterocycles. The van der Waals surface area contributed by atoms with Crippen molar-refractivity contribution in [3.05, 3.63) is 42.6 Å². The monoisotopic (exact) mass is 390 g/mol. The number of nitrogens with one attached hydrogen (secondary N) is 1. The van der Waals surface area contributed by atoms with E-state index < -0.39 is 18.8 Å². The number of rotatable bonds is 5. The number of nitrogens with zero attached hydrogens (tertiary/aromatic N) is 3. The fourth-order valence-electron chi connectivity index (χ4n) is 3.57. The van der Waals surface area contributed by atoms with Crippen LogP contribution in [0.3, 0.4) is 0 Å². The Labute approximate surface area is 159 Å². The SMILES string of the molecule is C[C@@H]1C[C@@H](Nc2ccnc3cc(-c4cccc(OC(F)F)c4)nn23)[C@H](O)[C@@H]1O. The third-order valence-corrected chi connectivity index (χ3v) is 5.02. The summed E-state index contributed by atoms with van der Waals surface area (Å²) in [6, 6.07) is 9.43. The van der Waals surface area contributed by atoms with Crippen LogP contribution in [0.1, 0.15) is 13.3 Å². The lowest BCUT2D eigenvalue weighted by atomic mass is 10.1. The van der Waals surface area contributed by atoms with Gasteiger partial charge in [0.15, 0.2) is 5.65 Å². The molecule has 0 aliphatic heterocycles. The largest absolute Gasteiger partial charge is 0.435 e. The highest BCUT2D eigenvalue weighted by atomic mass is 19.3. The molecule has 1 aliphatic rings. The van der Waals surface area contributed by atoms with Crippen molar-refractivity contribution in [2.75, 3.05) is 5.32 Å². The number of alkyl halides is 2. The number of halogens is 2. The zero-order chi connectivity index (χ0) is 19.8. The van der Waals surface area contributed by atoms with Crippen molar-refractivity contribution < 1.29 is 23.7 Å². The molecular formula is C19H20F2N4O3. The van der Waals surface area contributed by atoms with Crippen molar-refractivity contribution in [3.63, 3.8) is 0 Å². The molecule has 0 saturated heterocycles. The Morgan fingerprint density at radius 2 is 2.04 bits per heavy atom. The van der Waals surface area contributed by atoms with Crippen molar-refractivity contribution >= 4 is 11.5 Å². The zero-order valence-corrected chi connectivity index (χ0v) is 15.0. The minimum Gasteiger partial charge on any atom is -0.435 e. The van der Waals surface area contributed by atoms with E-state index in [1.807, 2.05) is 6.92 Å². The lowest BCUT2D eigenvalue weighted by Crippen LogP contribution is -2.35. The Kier molecular flexibility index (Phi) is 4.86. The molecule has 2 aromatic heterocycles. The highest BCUT2D eigenvalue weighted by Crippen LogP contribution is 2.30. The van der Waals surface area contributed by atoms with Gasteiger partial charge in [0.1, 0.15) is 17.7 Å². The van der Waals surface area contributed by atoms with Crippen LogP contribution in [0.4, 0.5) is 14.6 Å². The smallest absolute Gasteiger partial charge is 0.387 e. The van der Waals surface area contributed by atoms with Crippen LogP contribution in [0.25, 0.3) is 16.9 Å². The molecule has 0 amide bonds. The van der Waals surface area contributed by atoms with Crippen LogP contribution in [0.15, 0.2) is 42.6 Å². The standard InChI is InChI=1S/C19H20F2N4O3/c1-10-7-14(18(27)17(10)26)23-15-5-6-22-16-9-13(24-25(15)16)11-3-2-4-12(8-11)28-19(20)21/h2-6,8-10,14,17-19,23,26-27H,7H2,1H3/t10-,14-,17-,18+/m1/s1. The first-order chi connectivity index (χ1) is 13.4. The van der Waals surface area contributed by atoms with E-state index in [2.05, 4.69) is 20.1 Å². The zero-order valence-electron chi connectivity index (χ0n) is 15.0. The molecule has 3 aromatic rings. The van der Waals surface area contributed by atoms with E-state index in [-0.39, 0.29) is 17.7 Å². The fraction of sp³-hybridized carbons (Fsp3) is 0.368. The average molecular weight is 390 g/mol. The van der Waals surface area contributed by atoms with Gasteiger partial charge in [-0.15, -0.1) is 0 Å². The predicted molar refractivity (Wildman–Crippen MR) is 98.3 cm³/mol. The van der Waals surface area contributed by atoms with Crippen LogP contribution >= 0.6 is 0 Å². The van der Waals surface area contributed by atoms with Gasteiger partial charge in [0.05, 0.1) is 17.8 Å². The molecule has 0 bridgehead atoms. The molecule has 28 heavy (non-hydrogen) atoms. The van der Waals surface area contributed by atoms with E-state index in [0.29, 0.717) is 29.1 Å². The molecule has 1 saturated carbocycles. The number of anilines is 1. The maximum Gasteiger partial charge on any atom is 0.387 e. The second kappa shape index (κ2) is 7.33. The van der Waals surface area contributed by atoms with E-state index in [0.717, 1.165) is 0 Å².